The van der Waals surface area contributed by atoms with Crippen molar-refractivity contribution in [3.8, 4) is 22.6 Å². The van der Waals surface area contributed by atoms with E-state index < -0.39 is 0 Å². The number of nitrogens with two attached hydrogens (primary N) is 1. The molecule has 3 heterocycles. The molecule has 7 heteroatoms. The number of H-pyrrole nitrogens is 2. The Kier molecular flexibility index (Phi) is 3.51. The first-order valence-electron chi connectivity index (χ1n) is 7.19. The molecule has 4 rings (SSSR count). The quantitative estimate of drug-likeness (QED) is 0.354. The van der Waals surface area contributed by atoms with Crippen molar-refractivity contribution in [3.05, 3.63) is 58.1 Å². The molecule has 0 fully saturated rings. The van der Waals surface area contributed by atoms with Gasteiger partial charge in [-0.15, -0.1) is 0 Å². The lowest BCUT2D eigenvalue weighted by Gasteiger charge is -2.09. The van der Waals surface area contributed by atoms with Crippen molar-refractivity contribution in [2.24, 2.45) is 0 Å². The summed E-state index contributed by atoms with van der Waals surface area (Å²) in [6.45, 7) is 0. The summed E-state index contributed by atoms with van der Waals surface area (Å²) in [6, 6.07) is 13.2. The summed E-state index contributed by atoms with van der Waals surface area (Å²) >= 11 is 10.6. The van der Waals surface area contributed by atoms with Crippen LogP contribution < -0.4 is 5.73 Å². The molecule has 0 aliphatic heterocycles. The number of rotatable bonds is 2. The zero-order valence-corrected chi connectivity index (χ0v) is 14.0. The largest absolute Gasteiger partial charge is 0.464 e. The molecule has 0 spiro atoms. The maximum Gasteiger partial charge on any atom is 0.177 e. The topological polar surface area (TPSA) is 83.6 Å². The fourth-order valence-electron chi connectivity index (χ4n) is 2.60. The first-order valence-corrected chi connectivity index (χ1v) is 8.00. The molecule has 0 saturated heterocycles. The number of pyridine rings is 1. The Morgan fingerprint density at radius 2 is 1.83 bits per heavy atom. The summed E-state index contributed by atoms with van der Waals surface area (Å²) in [4.78, 5) is 10.7. The van der Waals surface area contributed by atoms with Crippen molar-refractivity contribution >= 4 is 41.2 Å². The predicted octanol–water partition coefficient (Wildman–Crippen LogP) is 4.86. The molecule has 4 aromatic rings. The van der Waals surface area contributed by atoms with Crippen molar-refractivity contribution in [2.75, 3.05) is 5.73 Å². The lowest BCUT2D eigenvalue weighted by Crippen LogP contribution is -1.95. The fourth-order valence-corrected chi connectivity index (χ4v) is 3.17. The number of furan rings is 1. The highest BCUT2D eigenvalue weighted by molar-refractivity contribution is 7.72. The minimum absolute atomic E-state index is 0.430. The molecule has 0 radical (unpaired) electrons. The number of nitrogens with one attached hydrogen (secondary N) is 2. The SMILES string of the molecule is Nc1ccc(-c2cc(-c3ccco3)c3c(=S)[nH]c(=S)[nH]c3n2)cc1. The lowest BCUT2D eigenvalue weighted by atomic mass is 10.0. The molecule has 0 saturated carbocycles. The summed E-state index contributed by atoms with van der Waals surface area (Å²) in [5.74, 6) is 0.712. The van der Waals surface area contributed by atoms with Crippen LogP contribution in [0.3, 0.4) is 0 Å². The molecular weight excluding hydrogens is 340 g/mol. The normalized spacial score (nSPS) is 11.0. The zero-order chi connectivity index (χ0) is 16.7. The van der Waals surface area contributed by atoms with Gasteiger partial charge in [-0.3, -0.25) is 0 Å². The Morgan fingerprint density at radius 3 is 2.54 bits per heavy atom. The number of aromatic nitrogens is 3. The Morgan fingerprint density at radius 1 is 1.04 bits per heavy atom. The van der Waals surface area contributed by atoms with Gasteiger partial charge in [-0.25, -0.2) is 4.98 Å². The van der Waals surface area contributed by atoms with E-state index in [9.17, 15) is 0 Å². The number of nitrogens with zero attached hydrogens (tertiary/aromatic N) is 1. The first kappa shape index (κ1) is 14.8. The van der Waals surface area contributed by atoms with Gasteiger partial charge >= 0.3 is 0 Å². The molecule has 24 heavy (non-hydrogen) atoms. The molecule has 1 aromatic carbocycles. The minimum atomic E-state index is 0.430. The van der Waals surface area contributed by atoms with Crippen molar-refractivity contribution in [1.29, 1.82) is 0 Å². The smallest absolute Gasteiger partial charge is 0.177 e. The van der Waals surface area contributed by atoms with E-state index in [1.54, 1.807) is 6.26 Å². The average molecular weight is 352 g/mol. The third kappa shape index (κ3) is 2.53. The van der Waals surface area contributed by atoms with Gasteiger partial charge in [0.1, 0.15) is 16.0 Å². The van der Waals surface area contributed by atoms with Gasteiger partial charge in [0, 0.05) is 16.8 Å². The molecule has 0 aliphatic carbocycles. The molecular formula is C17H12N4OS2. The molecule has 0 bridgehead atoms. The highest BCUT2D eigenvalue weighted by Gasteiger charge is 2.13. The highest BCUT2D eigenvalue weighted by atomic mass is 32.1. The first-order chi connectivity index (χ1) is 11.6. The van der Waals surface area contributed by atoms with E-state index in [0.717, 1.165) is 22.2 Å². The van der Waals surface area contributed by atoms with Gasteiger partial charge in [0.05, 0.1) is 17.3 Å². The molecule has 0 aliphatic rings. The van der Waals surface area contributed by atoms with Gasteiger partial charge in [-0.05, 0) is 42.5 Å². The van der Waals surface area contributed by atoms with E-state index in [-0.39, 0.29) is 0 Å². The average Bonchev–Trinajstić information content (AvgIpc) is 3.08. The van der Waals surface area contributed by atoms with Crippen molar-refractivity contribution in [1.82, 2.24) is 15.0 Å². The second-order valence-corrected chi connectivity index (χ2v) is 6.10. The van der Waals surface area contributed by atoms with Crippen LogP contribution in [0, 0.1) is 9.41 Å². The number of fused-ring (bicyclic) bond motifs is 1. The molecule has 0 amide bonds. The molecule has 5 nitrogen and oxygen atoms in total. The van der Waals surface area contributed by atoms with E-state index in [2.05, 4.69) is 15.0 Å². The van der Waals surface area contributed by atoms with E-state index in [1.165, 1.54) is 0 Å². The zero-order valence-electron chi connectivity index (χ0n) is 12.4. The maximum absolute atomic E-state index is 5.77. The van der Waals surface area contributed by atoms with Gasteiger partial charge in [0.25, 0.3) is 0 Å². The van der Waals surface area contributed by atoms with Crippen molar-refractivity contribution < 1.29 is 4.42 Å². The van der Waals surface area contributed by atoms with Crippen molar-refractivity contribution in [2.45, 2.75) is 0 Å². The monoisotopic (exact) mass is 352 g/mol. The minimum Gasteiger partial charge on any atom is -0.464 e. The molecule has 0 unspecified atom stereocenters. The molecule has 4 N–H and O–H groups in total. The van der Waals surface area contributed by atoms with Crippen LogP contribution in [0.2, 0.25) is 0 Å². The van der Waals surface area contributed by atoms with E-state index in [4.69, 9.17) is 34.6 Å². The number of hydrogen-bond donors (Lipinski definition) is 3. The van der Waals surface area contributed by atoms with E-state index in [0.29, 0.717) is 26.5 Å². The lowest BCUT2D eigenvalue weighted by molar-refractivity contribution is 0.583. The fraction of sp³-hybridized carbons (Fsp3) is 0. The number of anilines is 1. The summed E-state index contributed by atoms with van der Waals surface area (Å²) in [6.07, 6.45) is 1.63. The molecule has 118 valence electrons. The summed E-state index contributed by atoms with van der Waals surface area (Å²) in [5, 5.41) is 0.771. The third-order valence-corrected chi connectivity index (χ3v) is 4.21. The van der Waals surface area contributed by atoms with Gasteiger partial charge in [-0.2, -0.15) is 0 Å². The van der Waals surface area contributed by atoms with Crippen LogP contribution in [0.15, 0.2) is 53.1 Å². The van der Waals surface area contributed by atoms with Crippen molar-refractivity contribution in [3.63, 3.8) is 0 Å². The van der Waals surface area contributed by atoms with Gasteiger partial charge in [-0.1, -0.05) is 24.4 Å². The van der Waals surface area contributed by atoms with Crippen LogP contribution in [0.1, 0.15) is 0 Å². The Balaban J connectivity index is 2.09. The van der Waals surface area contributed by atoms with Gasteiger partial charge in [0.2, 0.25) is 0 Å². The molecule has 0 atom stereocenters. The highest BCUT2D eigenvalue weighted by Crippen LogP contribution is 2.32. The van der Waals surface area contributed by atoms with E-state index in [1.807, 2.05) is 42.5 Å². The predicted molar refractivity (Wildman–Crippen MR) is 99.7 cm³/mol. The number of nitrogen functional groups attached to an aromatic ring is 1. The number of benzene rings is 1. The van der Waals surface area contributed by atoms with Crippen LogP contribution in [0.25, 0.3) is 33.6 Å². The van der Waals surface area contributed by atoms with Crippen LogP contribution in [0.4, 0.5) is 5.69 Å². The standard InChI is InChI=1S/C17H12N4OS2/c18-10-5-3-9(4-6-10)12-8-11(13-2-1-7-22-13)14-15(19-12)20-17(24)21-16(14)23/h1-8H,18H2,(H2,19,20,21,23,24). The third-order valence-electron chi connectivity index (χ3n) is 3.70. The van der Waals surface area contributed by atoms with E-state index >= 15 is 0 Å². The number of aromatic amines is 2. The number of hydrogen-bond acceptors (Lipinski definition) is 5. The summed E-state index contributed by atoms with van der Waals surface area (Å²) in [5.41, 5.74) is 9.66. The molecule has 3 aromatic heterocycles. The van der Waals surface area contributed by atoms with Crippen LogP contribution in [0.5, 0.6) is 0 Å². The summed E-state index contributed by atoms with van der Waals surface area (Å²) in [7, 11) is 0. The van der Waals surface area contributed by atoms with Gasteiger partial charge in [0.15, 0.2) is 4.77 Å². The van der Waals surface area contributed by atoms with Crippen LogP contribution in [-0.2, 0) is 0 Å². The summed E-state index contributed by atoms with van der Waals surface area (Å²) < 4.78 is 6.53. The van der Waals surface area contributed by atoms with Crippen LogP contribution in [-0.4, -0.2) is 15.0 Å². The Labute approximate surface area is 147 Å². The van der Waals surface area contributed by atoms with Crippen LogP contribution >= 0.6 is 24.4 Å². The second kappa shape index (κ2) is 5.70. The second-order valence-electron chi connectivity index (χ2n) is 5.29. The van der Waals surface area contributed by atoms with Gasteiger partial charge < -0.3 is 20.1 Å². The maximum atomic E-state index is 5.77. The Hall–Kier alpha value is -2.77. The Bertz CT molecular complexity index is 1140.